The summed E-state index contributed by atoms with van der Waals surface area (Å²) in [6, 6.07) is 3.98. The van der Waals surface area contributed by atoms with E-state index in [1.165, 1.54) is 0 Å². The Morgan fingerprint density at radius 3 is 2.86 bits per heavy atom. The molecule has 1 fully saturated rings. The highest BCUT2D eigenvalue weighted by Gasteiger charge is 2.40. The summed E-state index contributed by atoms with van der Waals surface area (Å²) in [5.41, 5.74) is 3.31. The number of amides is 1. The molecule has 2 atom stereocenters. The Morgan fingerprint density at radius 1 is 1.48 bits per heavy atom. The number of carbonyl (C=O) groups is 1. The quantitative estimate of drug-likeness (QED) is 0.899. The van der Waals surface area contributed by atoms with Crippen molar-refractivity contribution in [3.63, 3.8) is 0 Å². The Balaban J connectivity index is 2.04. The molecule has 0 radical (unpaired) electrons. The highest BCUT2D eigenvalue weighted by atomic mass is 16.5. The summed E-state index contributed by atoms with van der Waals surface area (Å²) in [6.07, 6.45) is 1.97. The molecule has 1 aromatic carbocycles. The van der Waals surface area contributed by atoms with Crippen LogP contribution in [0, 0.1) is 0 Å². The lowest BCUT2D eigenvalue weighted by atomic mass is 9.83. The Bertz CT molecular complexity index is 574. The van der Waals surface area contributed by atoms with Crippen LogP contribution in [0.4, 0.5) is 5.69 Å². The third-order valence-electron chi connectivity index (χ3n) is 4.76. The second-order valence-electron chi connectivity index (χ2n) is 6.53. The zero-order valence-corrected chi connectivity index (χ0v) is 12.9. The second-order valence-corrected chi connectivity index (χ2v) is 6.53. The van der Waals surface area contributed by atoms with Crippen molar-refractivity contribution in [3.05, 3.63) is 28.8 Å². The smallest absolute Gasteiger partial charge is 0.234 e. The van der Waals surface area contributed by atoms with Crippen LogP contribution in [-0.4, -0.2) is 23.7 Å². The molecule has 2 N–H and O–H groups in total. The molecule has 0 aliphatic carbocycles. The lowest BCUT2D eigenvalue weighted by Gasteiger charge is -2.22. The Kier molecular flexibility index (Phi) is 3.54. The largest absolute Gasteiger partial charge is 0.386 e. The maximum Gasteiger partial charge on any atom is 0.234 e. The Morgan fingerprint density at radius 2 is 2.24 bits per heavy atom. The number of fused-ring (bicyclic) bond motifs is 1. The summed E-state index contributed by atoms with van der Waals surface area (Å²) in [5, 5.41) is 13.6. The van der Waals surface area contributed by atoms with E-state index >= 15 is 0 Å². The van der Waals surface area contributed by atoms with E-state index in [1.807, 2.05) is 26.0 Å². The van der Waals surface area contributed by atoms with Crippen molar-refractivity contribution in [1.29, 1.82) is 0 Å². The van der Waals surface area contributed by atoms with Gasteiger partial charge in [0.25, 0.3) is 0 Å². The molecule has 0 aromatic heterocycles. The van der Waals surface area contributed by atoms with Crippen molar-refractivity contribution < 1.29 is 14.6 Å². The average Bonchev–Trinajstić information content (AvgIpc) is 3.06. The van der Waals surface area contributed by atoms with E-state index in [9.17, 15) is 9.90 Å². The molecule has 0 spiro atoms. The molecular weight excluding hydrogens is 266 g/mol. The van der Waals surface area contributed by atoms with Gasteiger partial charge in [-0.05, 0) is 55.9 Å². The number of hydrogen-bond acceptors (Lipinski definition) is 3. The zero-order chi connectivity index (χ0) is 15.2. The van der Waals surface area contributed by atoms with Crippen LogP contribution in [0.1, 0.15) is 56.4 Å². The van der Waals surface area contributed by atoms with Crippen LogP contribution < -0.4 is 5.32 Å². The maximum absolute atomic E-state index is 12.2. The minimum atomic E-state index is -0.616. The van der Waals surface area contributed by atoms with Gasteiger partial charge in [0, 0.05) is 12.3 Å². The highest BCUT2D eigenvalue weighted by molar-refractivity contribution is 6.06. The van der Waals surface area contributed by atoms with E-state index < -0.39 is 11.5 Å². The van der Waals surface area contributed by atoms with Gasteiger partial charge in [-0.25, -0.2) is 0 Å². The van der Waals surface area contributed by atoms with Crippen LogP contribution in [0.15, 0.2) is 12.1 Å². The fraction of sp³-hybridized carbons (Fsp3) is 0.588. The molecule has 4 heteroatoms. The van der Waals surface area contributed by atoms with Crippen molar-refractivity contribution in [2.45, 2.75) is 57.7 Å². The fourth-order valence-electron chi connectivity index (χ4n) is 3.28. The normalized spacial score (nSPS) is 24.8. The summed E-state index contributed by atoms with van der Waals surface area (Å²) in [5.74, 6) is 0.0240. The second kappa shape index (κ2) is 5.11. The topological polar surface area (TPSA) is 58.6 Å². The van der Waals surface area contributed by atoms with Gasteiger partial charge in [0.05, 0.1) is 11.5 Å². The van der Waals surface area contributed by atoms with Crippen LogP contribution in [-0.2, 0) is 21.4 Å². The molecule has 4 nitrogen and oxygen atoms in total. The Hall–Kier alpha value is -1.39. The fourth-order valence-corrected chi connectivity index (χ4v) is 3.28. The van der Waals surface area contributed by atoms with E-state index in [4.69, 9.17) is 4.74 Å². The van der Waals surface area contributed by atoms with Crippen LogP contribution in [0.3, 0.4) is 0 Å². The summed E-state index contributed by atoms with van der Waals surface area (Å²) < 4.78 is 5.60. The van der Waals surface area contributed by atoms with Crippen molar-refractivity contribution in [2.24, 2.45) is 0 Å². The van der Waals surface area contributed by atoms with Gasteiger partial charge in [0.1, 0.15) is 6.10 Å². The minimum absolute atomic E-state index is 0.0240. The van der Waals surface area contributed by atoms with Crippen molar-refractivity contribution >= 4 is 11.6 Å². The van der Waals surface area contributed by atoms with E-state index in [1.54, 1.807) is 0 Å². The number of carbonyl (C=O) groups excluding carboxylic acids is 1. The highest BCUT2D eigenvalue weighted by Crippen LogP contribution is 2.42. The number of aliphatic hydroxyl groups excluding tert-OH is 1. The third kappa shape index (κ3) is 2.27. The van der Waals surface area contributed by atoms with Gasteiger partial charge in [-0.15, -0.1) is 0 Å². The zero-order valence-electron chi connectivity index (χ0n) is 12.9. The first-order valence-electron chi connectivity index (χ1n) is 7.73. The van der Waals surface area contributed by atoms with Crippen LogP contribution in [0.25, 0.3) is 0 Å². The first kappa shape index (κ1) is 14.5. The van der Waals surface area contributed by atoms with Gasteiger partial charge in [-0.3, -0.25) is 4.79 Å². The first-order valence-corrected chi connectivity index (χ1v) is 7.73. The van der Waals surface area contributed by atoms with Crippen molar-refractivity contribution in [2.75, 3.05) is 11.9 Å². The van der Waals surface area contributed by atoms with Gasteiger partial charge in [0.15, 0.2) is 0 Å². The molecule has 21 heavy (non-hydrogen) atoms. The molecule has 2 aliphatic heterocycles. The summed E-state index contributed by atoms with van der Waals surface area (Å²) in [4.78, 5) is 12.2. The van der Waals surface area contributed by atoms with Crippen molar-refractivity contribution in [3.8, 4) is 0 Å². The third-order valence-corrected chi connectivity index (χ3v) is 4.76. The molecule has 1 amide bonds. The van der Waals surface area contributed by atoms with E-state index in [0.29, 0.717) is 0 Å². The number of benzene rings is 1. The van der Waals surface area contributed by atoms with Gasteiger partial charge in [-0.1, -0.05) is 13.0 Å². The summed E-state index contributed by atoms with van der Waals surface area (Å²) >= 11 is 0. The van der Waals surface area contributed by atoms with Gasteiger partial charge in [-0.2, -0.15) is 0 Å². The number of anilines is 1. The standard InChI is InChI=1S/C17H23NO3/c1-4-10-8-11(15(19)13-6-5-7-21-13)9-12-14(10)18-16(20)17(12,2)3/h8-9,13,15,19H,4-7H2,1-3H3,(H,18,20). The summed E-state index contributed by atoms with van der Waals surface area (Å²) in [6.45, 7) is 6.64. The number of rotatable bonds is 3. The molecule has 2 aliphatic rings. The molecule has 0 bridgehead atoms. The number of aliphatic hydroxyl groups is 1. The Labute approximate surface area is 125 Å². The van der Waals surface area contributed by atoms with E-state index in [-0.39, 0.29) is 12.0 Å². The van der Waals surface area contributed by atoms with Crippen LogP contribution in [0.5, 0.6) is 0 Å². The molecule has 2 unspecified atom stereocenters. The molecule has 114 valence electrons. The van der Waals surface area contributed by atoms with Gasteiger partial charge < -0.3 is 15.2 Å². The van der Waals surface area contributed by atoms with Crippen LogP contribution in [0.2, 0.25) is 0 Å². The molecular formula is C17H23NO3. The SMILES string of the molecule is CCc1cc(C(O)C2CCCO2)cc2c1NC(=O)C2(C)C. The molecule has 2 heterocycles. The predicted molar refractivity (Wildman–Crippen MR) is 81.4 cm³/mol. The van der Waals surface area contributed by atoms with Gasteiger partial charge >= 0.3 is 0 Å². The number of hydrogen-bond donors (Lipinski definition) is 2. The van der Waals surface area contributed by atoms with E-state index in [2.05, 4.69) is 12.2 Å². The molecule has 1 aromatic rings. The van der Waals surface area contributed by atoms with Crippen molar-refractivity contribution in [1.82, 2.24) is 0 Å². The number of aryl methyl sites for hydroxylation is 1. The summed E-state index contributed by atoms with van der Waals surface area (Å²) in [7, 11) is 0. The number of ether oxygens (including phenoxy) is 1. The monoisotopic (exact) mass is 289 g/mol. The molecule has 1 saturated heterocycles. The lowest BCUT2D eigenvalue weighted by Crippen LogP contribution is -2.27. The first-order chi connectivity index (χ1) is 9.95. The maximum atomic E-state index is 12.2. The number of nitrogens with one attached hydrogen (secondary N) is 1. The van der Waals surface area contributed by atoms with E-state index in [0.717, 1.165) is 48.2 Å². The minimum Gasteiger partial charge on any atom is -0.386 e. The van der Waals surface area contributed by atoms with Gasteiger partial charge in [0.2, 0.25) is 5.91 Å². The lowest BCUT2D eigenvalue weighted by molar-refractivity contribution is -0.119. The molecule has 3 rings (SSSR count). The average molecular weight is 289 g/mol. The predicted octanol–water partition coefficient (Wildman–Crippen LogP) is 2.69. The van der Waals surface area contributed by atoms with Crippen LogP contribution >= 0.6 is 0 Å². The molecule has 0 saturated carbocycles.